The van der Waals surface area contributed by atoms with Crippen LogP contribution in [-0.2, 0) is 6.54 Å². The van der Waals surface area contributed by atoms with Crippen molar-refractivity contribution >= 4 is 5.69 Å². The van der Waals surface area contributed by atoms with E-state index in [0.29, 0.717) is 0 Å². The molecule has 1 rings (SSSR count). The van der Waals surface area contributed by atoms with E-state index in [2.05, 4.69) is 56.2 Å². The van der Waals surface area contributed by atoms with Crippen molar-refractivity contribution in [2.24, 2.45) is 0 Å². The average molecular weight is 234 g/mol. The van der Waals surface area contributed by atoms with Crippen LogP contribution in [0.15, 0.2) is 18.2 Å². The first kappa shape index (κ1) is 14.0. The lowest BCUT2D eigenvalue weighted by molar-refractivity contribution is 0.673. The molecule has 0 amide bonds. The highest BCUT2D eigenvalue weighted by atomic mass is 15.1. The minimum atomic E-state index is 0.971. The normalized spacial score (nSPS) is 10.6. The van der Waals surface area contributed by atoms with Crippen molar-refractivity contribution < 1.29 is 0 Å². The molecule has 0 saturated carbocycles. The van der Waals surface area contributed by atoms with Crippen LogP contribution in [0.4, 0.5) is 5.69 Å². The molecule has 17 heavy (non-hydrogen) atoms. The first-order chi connectivity index (χ1) is 8.19. The van der Waals surface area contributed by atoms with Crippen LogP contribution in [0.5, 0.6) is 0 Å². The van der Waals surface area contributed by atoms with E-state index in [1.807, 2.05) is 0 Å². The predicted molar refractivity (Wildman–Crippen MR) is 76.7 cm³/mol. The molecule has 0 unspecified atom stereocenters. The number of benzene rings is 1. The lowest BCUT2D eigenvalue weighted by atomic mass is 10.1. The summed E-state index contributed by atoms with van der Waals surface area (Å²) in [5.74, 6) is 0. The highest BCUT2D eigenvalue weighted by Crippen LogP contribution is 2.21. The summed E-state index contributed by atoms with van der Waals surface area (Å²) in [6.07, 6.45) is 2.37. The largest absolute Gasteiger partial charge is 0.374 e. The average Bonchev–Trinajstić information content (AvgIpc) is 2.30. The van der Waals surface area contributed by atoms with Gasteiger partial charge in [0.05, 0.1) is 0 Å². The zero-order valence-electron chi connectivity index (χ0n) is 11.7. The fraction of sp³-hybridized carbons (Fsp3) is 0.600. The van der Waals surface area contributed by atoms with E-state index in [9.17, 15) is 0 Å². The smallest absolute Gasteiger partial charge is 0.0409 e. The van der Waals surface area contributed by atoms with Crippen LogP contribution >= 0.6 is 0 Å². The maximum Gasteiger partial charge on any atom is 0.0409 e. The maximum absolute atomic E-state index is 3.49. The van der Waals surface area contributed by atoms with Crippen molar-refractivity contribution in [3.05, 3.63) is 29.3 Å². The molecule has 2 nitrogen and oxygen atoms in total. The van der Waals surface area contributed by atoms with E-state index >= 15 is 0 Å². The van der Waals surface area contributed by atoms with E-state index < -0.39 is 0 Å². The fourth-order valence-corrected chi connectivity index (χ4v) is 2.08. The molecule has 2 heteroatoms. The zero-order chi connectivity index (χ0) is 12.7. The van der Waals surface area contributed by atoms with E-state index in [4.69, 9.17) is 0 Å². The topological polar surface area (TPSA) is 15.3 Å². The Morgan fingerprint density at radius 3 is 2.59 bits per heavy atom. The molecule has 0 aromatic heterocycles. The first-order valence-electron chi connectivity index (χ1n) is 6.70. The van der Waals surface area contributed by atoms with Crippen LogP contribution in [0.3, 0.4) is 0 Å². The fourth-order valence-electron chi connectivity index (χ4n) is 2.08. The van der Waals surface area contributed by atoms with Crippen LogP contribution in [0.1, 0.15) is 37.8 Å². The number of anilines is 1. The van der Waals surface area contributed by atoms with Crippen molar-refractivity contribution in [3.63, 3.8) is 0 Å². The Hall–Kier alpha value is -1.02. The van der Waals surface area contributed by atoms with Gasteiger partial charge in [0.2, 0.25) is 0 Å². The summed E-state index contributed by atoms with van der Waals surface area (Å²) in [5.41, 5.74) is 4.11. The molecule has 0 bridgehead atoms. The molecule has 0 fully saturated rings. The summed E-state index contributed by atoms with van der Waals surface area (Å²) in [6.45, 7) is 9.76. The summed E-state index contributed by atoms with van der Waals surface area (Å²) in [7, 11) is 2.18. The van der Waals surface area contributed by atoms with Gasteiger partial charge < -0.3 is 10.2 Å². The summed E-state index contributed by atoms with van der Waals surface area (Å²) in [4.78, 5) is 2.35. The van der Waals surface area contributed by atoms with Crippen molar-refractivity contribution in [2.75, 3.05) is 25.0 Å². The predicted octanol–water partition coefficient (Wildman–Crippen LogP) is 3.34. The minimum Gasteiger partial charge on any atom is -0.374 e. The molecule has 0 radical (unpaired) electrons. The Balaban J connectivity index is 2.79. The molecule has 1 aromatic carbocycles. The molecule has 0 aliphatic carbocycles. The molecule has 0 aliphatic rings. The Bertz CT molecular complexity index is 334. The van der Waals surface area contributed by atoms with Crippen molar-refractivity contribution in [3.8, 4) is 0 Å². The highest BCUT2D eigenvalue weighted by molar-refractivity contribution is 5.54. The molecule has 0 aliphatic heterocycles. The summed E-state index contributed by atoms with van der Waals surface area (Å²) >= 11 is 0. The van der Waals surface area contributed by atoms with Crippen LogP contribution in [-0.4, -0.2) is 20.1 Å². The quantitative estimate of drug-likeness (QED) is 0.728. The summed E-state index contributed by atoms with van der Waals surface area (Å²) < 4.78 is 0. The number of aryl methyl sites for hydroxylation is 1. The Labute approximate surface area is 106 Å². The van der Waals surface area contributed by atoms with Gasteiger partial charge in [-0.05, 0) is 37.9 Å². The standard InChI is InChI=1S/C15H26N2/c1-5-9-16-12-14-11-13(3)7-8-15(14)17(4)10-6-2/h7-8,11,16H,5-6,9-10,12H2,1-4H3. The third kappa shape index (κ3) is 4.39. The second kappa shape index (κ2) is 7.33. The van der Waals surface area contributed by atoms with Gasteiger partial charge in [0, 0.05) is 25.8 Å². The van der Waals surface area contributed by atoms with Crippen LogP contribution in [0, 0.1) is 6.92 Å². The maximum atomic E-state index is 3.49. The third-order valence-electron chi connectivity index (χ3n) is 2.95. The van der Waals surface area contributed by atoms with Gasteiger partial charge in [0.1, 0.15) is 0 Å². The second-order valence-electron chi connectivity index (χ2n) is 4.73. The summed E-state index contributed by atoms with van der Waals surface area (Å²) in [5, 5.41) is 3.49. The SMILES string of the molecule is CCCNCc1cc(C)ccc1N(C)CCC. The van der Waals surface area contributed by atoms with Gasteiger partial charge >= 0.3 is 0 Å². The lowest BCUT2D eigenvalue weighted by Gasteiger charge is -2.22. The van der Waals surface area contributed by atoms with Gasteiger partial charge in [-0.15, -0.1) is 0 Å². The molecule has 1 aromatic rings. The Morgan fingerprint density at radius 2 is 1.94 bits per heavy atom. The van der Waals surface area contributed by atoms with Gasteiger partial charge in [-0.1, -0.05) is 31.5 Å². The van der Waals surface area contributed by atoms with Crippen molar-refractivity contribution in [2.45, 2.75) is 40.2 Å². The first-order valence-corrected chi connectivity index (χ1v) is 6.70. The second-order valence-corrected chi connectivity index (χ2v) is 4.73. The molecule has 0 heterocycles. The number of hydrogen-bond donors (Lipinski definition) is 1. The number of nitrogens with one attached hydrogen (secondary N) is 1. The van der Waals surface area contributed by atoms with E-state index in [1.165, 1.54) is 29.7 Å². The van der Waals surface area contributed by atoms with Gasteiger partial charge in [-0.2, -0.15) is 0 Å². The lowest BCUT2D eigenvalue weighted by Crippen LogP contribution is -2.22. The van der Waals surface area contributed by atoms with Crippen molar-refractivity contribution in [1.82, 2.24) is 5.32 Å². The van der Waals surface area contributed by atoms with Gasteiger partial charge in [-0.3, -0.25) is 0 Å². The van der Waals surface area contributed by atoms with Crippen LogP contribution < -0.4 is 10.2 Å². The number of rotatable bonds is 7. The van der Waals surface area contributed by atoms with E-state index in [1.54, 1.807) is 0 Å². The Kier molecular flexibility index (Phi) is 6.06. The molecule has 0 atom stereocenters. The molecule has 1 N–H and O–H groups in total. The summed E-state index contributed by atoms with van der Waals surface area (Å²) in [6, 6.07) is 6.74. The molecule has 96 valence electrons. The monoisotopic (exact) mass is 234 g/mol. The zero-order valence-corrected chi connectivity index (χ0v) is 11.7. The molecule has 0 spiro atoms. The Morgan fingerprint density at radius 1 is 1.18 bits per heavy atom. The van der Waals surface area contributed by atoms with E-state index in [0.717, 1.165) is 19.6 Å². The van der Waals surface area contributed by atoms with Crippen molar-refractivity contribution in [1.29, 1.82) is 0 Å². The van der Waals surface area contributed by atoms with E-state index in [-0.39, 0.29) is 0 Å². The van der Waals surface area contributed by atoms with Crippen LogP contribution in [0.2, 0.25) is 0 Å². The molecular formula is C15H26N2. The molecule has 0 saturated heterocycles. The van der Waals surface area contributed by atoms with Gasteiger partial charge in [0.25, 0.3) is 0 Å². The van der Waals surface area contributed by atoms with Gasteiger partial charge in [0.15, 0.2) is 0 Å². The minimum absolute atomic E-state index is 0.971. The van der Waals surface area contributed by atoms with Crippen LogP contribution in [0.25, 0.3) is 0 Å². The van der Waals surface area contributed by atoms with Gasteiger partial charge in [-0.25, -0.2) is 0 Å². The highest BCUT2D eigenvalue weighted by Gasteiger charge is 2.06. The third-order valence-corrected chi connectivity index (χ3v) is 2.95. The number of nitrogens with zero attached hydrogens (tertiary/aromatic N) is 1. The molecular weight excluding hydrogens is 208 g/mol. The number of hydrogen-bond acceptors (Lipinski definition) is 2.